The number of aromatic nitrogens is 2. The molecule has 1 aromatic heterocycles. The van der Waals surface area contributed by atoms with E-state index in [0.29, 0.717) is 43.5 Å². The predicted octanol–water partition coefficient (Wildman–Crippen LogP) is 3.04. The van der Waals surface area contributed by atoms with E-state index in [4.69, 9.17) is 20.9 Å². The first kappa shape index (κ1) is 20.3. The summed E-state index contributed by atoms with van der Waals surface area (Å²) >= 11 is 0. The Bertz CT molecular complexity index is 923. The van der Waals surface area contributed by atoms with Gasteiger partial charge in [-0.15, -0.1) is 0 Å². The van der Waals surface area contributed by atoms with Gasteiger partial charge in [-0.05, 0) is 42.5 Å². The minimum atomic E-state index is -0.571. The second-order valence-electron chi connectivity index (χ2n) is 6.04. The highest BCUT2D eigenvalue weighted by atomic mass is 19.1. The molecule has 0 aliphatic heterocycles. The van der Waals surface area contributed by atoms with Gasteiger partial charge >= 0.3 is 0 Å². The second-order valence-corrected chi connectivity index (χ2v) is 6.04. The van der Waals surface area contributed by atoms with Gasteiger partial charge in [0.25, 0.3) is 0 Å². The molecule has 9 heteroatoms. The number of nitrogens with two attached hydrogens (primary N) is 2. The van der Waals surface area contributed by atoms with Crippen molar-refractivity contribution in [3.63, 3.8) is 0 Å². The van der Waals surface area contributed by atoms with Crippen LogP contribution in [0, 0.1) is 5.82 Å². The van der Waals surface area contributed by atoms with Crippen molar-refractivity contribution in [2.24, 2.45) is 5.73 Å². The molecule has 0 aliphatic carbocycles. The summed E-state index contributed by atoms with van der Waals surface area (Å²) in [5.74, 6) is 0.432. The van der Waals surface area contributed by atoms with E-state index < -0.39 is 5.82 Å². The summed E-state index contributed by atoms with van der Waals surface area (Å²) in [7, 11) is 0. The summed E-state index contributed by atoms with van der Waals surface area (Å²) in [5.41, 5.74) is 13.0. The van der Waals surface area contributed by atoms with Gasteiger partial charge in [0, 0.05) is 23.6 Å². The van der Waals surface area contributed by atoms with E-state index >= 15 is 0 Å². The lowest BCUT2D eigenvalue weighted by molar-refractivity contribution is 0.106. The first-order valence-electron chi connectivity index (χ1n) is 9.07. The molecular weight excluding hydrogens is 375 g/mol. The maximum absolute atomic E-state index is 14.1. The fraction of sp³-hybridized carbons (Fsp3) is 0.200. The van der Waals surface area contributed by atoms with Gasteiger partial charge in [0.05, 0.1) is 19.4 Å². The summed E-state index contributed by atoms with van der Waals surface area (Å²) in [4.78, 5) is 8.16. The van der Waals surface area contributed by atoms with E-state index in [2.05, 4.69) is 20.6 Å². The first-order valence-corrected chi connectivity index (χ1v) is 9.07. The minimum absolute atomic E-state index is 0.0468. The average Bonchev–Trinajstić information content (AvgIpc) is 2.72. The molecule has 0 bridgehead atoms. The number of ether oxygens (including phenoxy) is 2. The van der Waals surface area contributed by atoms with Gasteiger partial charge in [-0.3, -0.25) is 0 Å². The van der Waals surface area contributed by atoms with E-state index in [0.717, 1.165) is 11.9 Å². The Hall–Kier alpha value is -3.43. The van der Waals surface area contributed by atoms with Crippen molar-refractivity contribution in [1.82, 2.24) is 9.97 Å². The smallest absolute Gasteiger partial charge is 0.229 e. The normalized spacial score (nSPS) is 10.6. The molecule has 1 heterocycles. The molecule has 0 fully saturated rings. The lowest BCUT2D eigenvalue weighted by Gasteiger charge is -2.11. The zero-order valence-corrected chi connectivity index (χ0v) is 15.8. The molecule has 0 spiro atoms. The van der Waals surface area contributed by atoms with Gasteiger partial charge in [0.1, 0.15) is 12.4 Å². The van der Waals surface area contributed by atoms with E-state index in [1.54, 1.807) is 36.4 Å². The number of hydrogen-bond donors (Lipinski definition) is 4. The number of nitrogen functional groups attached to an aromatic ring is 1. The summed E-state index contributed by atoms with van der Waals surface area (Å²) in [5, 5.41) is 5.93. The van der Waals surface area contributed by atoms with Gasteiger partial charge in [-0.1, -0.05) is 6.07 Å². The van der Waals surface area contributed by atoms with Crippen molar-refractivity contribution in [3.8, 4) is 5.75 Å². The lowest BCUT2D eigenvalue weighted by atomic mass is 10.3. The third-order valence-electron chi connectivity index (χ3n) is 3.76. The highest BCUT2D eigenvalue weighted by Crippen LogP contribution is 2.22. The molecule has 2 aromatic carbocycles. The number of nitrogens with one attached hydrogen (secondary N) is 2. The van der Waals surface area contributed by atoms with Gasteiger partial charge in [-0.2, -0.15) is 4.98 Å². The van der Waals surface area contributed by atoms with E-state index in [1.165, 1.54) is 0 Å². The number of nitrogens with zero attached hydrogens (tertiary/aromatic N) is 2. The lowest BCUT2D eigenvalue weighted by Crippen LogP contribution is -2.13. The molecular formula is C20H23FN6O2. The fourth-order valence-electron chi connectivity index (χ4n) is 2.44. The molecule has 0 aliphatic rings. The molecule has 152 valence electrons. The van der Waals surface area contributed by atoms with Crippen LogP contribution in [0.15, 0.2) is 54.7 Å². The minimum Gasteiger partial charge on any atom is -0.491 e. The molecule has 29 heavy (non-hydrogen) atoms. The number of rotatable bonds is 10. The Balaban J connectivity index is 1.60. The molecule has 0 radical (unpaired) electrons. The fourth-order valence-corrected chi connectivity index (χ4v) is 2.44. The van der Waals surface area contributed by atoms with Crippen molar-refractivity contribution in [2.45, 2.75) is 0 Å². The molecule has 0 saturated carbocycles. The maximum Gasteiger partial charge on any atom is 0.229 e. The third kappa shape index (κ3) is 6.30. The first-order chi connectivity index (χ1) is 14.1. The van der Waals surface area contributed by atoms with Crippen LogP contribution in [0.5, 0.6) is 5.75 Å². The van der Waals surface area contributed by atoms with E-state index in [1.807, 2.05) is 12.1 Å². The summed E-state index contributed by atoms with van der Waals surface area (Å²) in [6, 6.07) is 14.2. The highest BCUT2D eigenvalue weighted by Gasteiger charge is 2.08. The Morgan fingerprint density at radius 1 is 0.966 bits per heavy atom. The van der Waals surface area contributed by atoms with Crippen LogP contribution in [0.4, 0.5) is 33.2 Å². The van der Waals surface area contributed by atoms with Crippen molar-refractivity contribution in [1.29, 1.82) is 0 Å². The van der Waals surface area contributed by atoms with Crippen LogP contribution in [0.2, 0.25) is 0 Å². The van der Waals surface area contributed by atoms with Crippen LogP contribution in [0.1, 0.15) is 0 Å². The number of hydrogen-bond acceptors (Lipinski definition) is 8. The monoisotopic (exact) mass is 398 g/mol. The molecule has 0 unspecified atom stereocenters. The largest absolute Gasteiger partial charge is 0.491 e. The SMILES string of the molecule is NCCOCCOc1ccc(Nc2ncc(F)c(Nc3cccc(N)c3)n2)cc1. The van der Waals surface area contributed by atoms with Gasteiger partial charge in [0.15, 0.2) is 11.6 Å². The Labute approximate surface area is 168 Å². The van der Waals surface area contributed by atoms with Crippen molar-refractivity contribution >= 4 is 28.8 Å². The molecule has 8 nitrogen and oxygen atoms in total. The summed E-state index contributed by atoms with van der Waals surface area (Å²) < 4.78 is 24.9. The van der Waals surface area contributed by atoms with E-state index in [9.17, 15) is 4.39 Å². The van der Waals surface area contributed by atoms with E-state index in [-0.39, 0.29) is 11.8 Å². The van der Waals surface area contributed by atoms with Crippen molar-refractivity contribution in [2.75, 3.05) is 42.7 Å². The van der Waals surface area contributed by atoms with Gasteiger partial charge in [-0.25, -0.2) is 9.37 Å². The molecule has 0 saturated heterocycles. The van der Waals surface area contributed by atoms with Crippen LogP contribution in [-0.4, -0.2) is 36.3 Å². The Kier molecular flexibility index (Phi) is 7.15. The molecule has 3 aromatic rings. The zero-order chi connectivity index (χ0) is 20.5. The van der Waals surface area contributed by atoms with Crippen molar-refractivity contribution in [3.05, 3.63) is 60.5 Å². The highest BCUT2D eigenvalue weighted by molar-refractivity contribution is 5.63. The van der Waals surface area contributed by atoms with Crippen LogP contribution in [0.25, 0.3) is 0 Å². The topological polar surface area (TPSA) is 120 Å². The summed E-state index contributed by atoms with van der Waals surface area (Å²) in [6.07, 6.45) is 1.10. The maximum atomic E-state index is 14.1. The molecule has 0 amide bonds. The van der Waals surface area contributed by atoms with Gasteiger partial charge in [0.2, 0.25) is 5.95 Å². The second kappa shape index (κ2) is 10.2. The van der Waals surface area contributed by atoms with Crippen LogP contribution >= 0.6 is 0 Å². The van der Waals surface area contributed by atoms with Gasteiger partial charge < -0.3 is 31.6 Å². The molecule has 3 rings (SSSR count). The number of anilines is 5. The Morgan fingerprint density at radius 3 is 2.55 bits per heavy atom. The number of benzene rings is 2. The summed E-state index contributed by atoms with van der Waals surface area (Å²) in [6.45, 7) is 1.91. The predicted molar refractivity (Wildman–Crippen MR) is 111 cm³/mol. The quantitative estimate of drug-likeness (QED) is 0.304. The number of halogens is 1. The van der Waals surface area contributed by atoms with Crippen LogP contribution in [-0.2, 0) is 4.74 Å². The zero-order valence-electron chi connectivity index (χ0n) is 15.8. The van der Waals surface area contributed by atoms with Crippen molar-refractivity contribution < 1.29 is 13.9 Å². The molecule has 0 atom stereocenters. The third-order valence-corrected chi connectivity index (χ3v) is 3.76. The van der Waals surface area contributed by atoms with Crippen LogP contribution in [0.3, 0.4) is 0 Å². The standard InChI is InChI=1S/C20H23FN6O2/c21-18-13-24-20(27-19(18)25-16-3-1-2-14(23)12-16)26-15-4-6-17(7-5-15)29-11-10-28-9-8-22/h1-7,12-13H,8-11,22-23H2,(H2,24,25,26,27). The molecule has 6 N–H and O–H groups in total. The van der Waals surface area contributed by atoms with Crippen LogP contribution < -0.4 is 26.8 Å². The Morgan fingerprint density at radius 2 is 1.79 bits per heavy atom. The average molecular weight is 398 g/mol.